The number of nitrogens with one attached hydrogen (secondary N) is 3. The average molecular weight is 539 g/mol. The lowest BCUT2D eigenvalue weighted by atomic mass is 10.0. The van der Waals surface area contributed by atoms with Crippen molar-refractivity contribution >= 4 is 29.4 Å². The van der Waals surface area contributed by atoms with Gasteiger partial charge < -0.3 is 25.8 Å². The molecule has 2 aromatic carbocycles. The summed E-state index contributed by atoms with van der Waals surface area (Å²) in [6.07, 6.45) is 0.563. The number of carbonyl (C=O) groups is 2. The van der Waals surface area contributed by atoms with Crippen LogP contribution in [-0.2, 0) is 16.1 Å². The second kappa shape index (κ2) is 12.2. The molecule has 0 fully saturated rings. The molecular weight excluding hydrogens is 508 g/mol. The van der Waals surface area contributed by atoms with Gasteiger partial charge in [0.2, 0.25) is 17.8 Å². The molecule has 3 aromatic rings. The standard InChI is InChI=1S/C27H31ClN6O4/c1-16(18-5-4-6-21(11-18)38-3)32-24(36)15-34-14-20-8-7-19(12-22(20)26(34)37)25-23(28)13-31-27(33-25)30-10-9-29-17(2)35/h4-8,11-13,16,26,37H,9-10,14-15H2,1-3H3,(H,29,35)(H,32,36)(H,30,31,33)/t16-,26?/m1/s1. The van der Waals surface area contributed by atoms with Crippen LogP contribution in [0.5, 0.6) is 5.75 Å². The number of fused-ring (bicyclic) bond motifs is 1. The molecule has 0 aliphatic carbocycles. The minimum absolute atomic E-state index is 0.0378. The van der Waals surface area contributed by atoms with Gasteiger partial charge in [0, 0.05) is 37.7 Å². The van der Waals surface area contributed by atoms with Crippen molar-refractivity contribution in [3.8, 4) is 17.0 Å². The summed E-state index contributed by atoms with van der Waals surface area (Å²) in [4.78, 5) is 34.2. The van der Waals surface area contributed by atoms with Crippen LogP contribution in [0.15, 0.2) is 48.7 Å². The van der Waals surface area contributed by atoms with Crippen LogP contribution in [0, 0.1) is 0 Å². The highest BCUT2D eigenvalue weighted by Crippen LogP contribution is 2.36. The van der Waals surface area contributed by atoms with Crippen LogP contribution in [0.1, 0.15) is 42.8 Å². The smallest absolute Gasteiger partial charge is 0.234 e. The molecule has 0 radical (unpaired) electrons. The van der Waals surface area contributed by atoms with Crippen LogP contribution in [0.25, 0.3) is 11.3 Å². The Balaban J connectivity index is 1.41. The van der Waals surface area contributed by atoms with Crippen LogP contribution in [0.3, 0.4) is 0 Å². The molecule has 2 amide bonds. The van der Waals surface area contributed by atoms with Gasteiger partial charge in [0.15, 0.2) is 0 Å². The van der Waals surface area contributed by atoms with Crippen molar-refractivity contribution in [2.24, 2.45) is 0 Å². The molecule has 1 unspecified atom stereocenters. The number of hydrogen-bond donors (Lipinski definition) is 4. The van der Waals surface area contributed by atoms with Crippen LogP contribution in [-0.4, -0.2) is 58.5 Å². The van der Waals surface area contributed by atoms with Gasteiger partial charge in [-0.25, -0.2) is 9.97 Å². The summed E-state index contributed by atoms with van der Waals surface area (Å²) >= 11 is 6.39. The van der Waals surface area contributed by atoms with Gasteiger partial charge in [-0.05, 0) is 36.2 Å². The van der Waals surface area contributed by atoms with E-state index in [1.165, 1.54) is 13.1 Å². The van der Waals surface area contributed by atoms with E-state index >= 15 is 0 Å². The molecule has 4 rings (SSSR count). The molecular formula is C27H31ClN6O4. The Labute approximate surface area is 226 Å². The molecule has 4 N–H and O–H groups in total. The largest absolute Gasteiger partial charge is 0.497 e. The van der Waals surface area contributed by atoms with E-state index in [1.54, 1.807) is 12.0 Å². The van der Waals surface area contributed by atoms with E-state index < -0.39 is 6.23 Å². The van der Waals surface area contributed by atoms with Gasteiger partial charge in [-0.15, -0.1) is 0 Å². The lowest BCUT2D eigenvalue weighted by Crippen LogP contribution is -2.37. The molecule has 11 heteroatoms. The highest BCUT2D eigenvalue weighted by atomic mass is 35.5. The Hall–Kier alpha value is -3.73. The van der Waals surface area contributed by atoms with Crippen molar-refractivity contribution in [1.29, 1.82) is 0 Å². The van der Waals surface area contributed by atoms with E-state index in [0.29, 0.717) is 41.9 Å². The number of nitrogens with zero attached hydrogens (tertiary/aromatic N) is 3. The number of ether oxygens (including phenoxy) is 1. The summed E-state index contributed by atoms with van der Waals surface area (Å²) in [6, 6.07) is 13.0. The van der Waals surface area contributed by atoms with Crippen LogP contribution in [0.4, 0.5) is 5.95 Å². The molecule has 0 saturated carbocycles. The number of anilines is 1. The summed E-state index contributed by atoms with van der Waals surface area (Å²) in [5, 5.41) is 20.1. The minimum atomic E-state index is -0.946. The van der Waals surface area contributed by atoms with E-state index in [9.17, 15) is 14.7 Å². The Kier molecular flexibility index (Phi) is 8.77. The SMILES string of the molecule is COc1cccc([C@@H](C)NC(=O)CN2Cc3ccc(-c4nc(NCCNC(C)=O)ncc4Cl)cc3C2O)c1. The molecule has 38 heavy (non-hydrogen) atoms. The predicted octanol–water partition coefficient (Wildman–Crippen LogP) is 3.04. The van der Waals surface area contributed by atoms with Crippen molar-refractivity contribution < 1.29 is 19.4 Å². The number of aliphatic hydroxyl groups is 1. The predicted molar refractivity (Wildman–Crippen MR) is 145 cm³/mol. The molecule has 1 aromatic heterocycles. The first-order chi connectivity index (χ1) is 18.2. The molecule has 0 spiro atoms. The van der Waals surface area contributed by atoms with Gasteiger partial charge in [-0.3, -0.25) is 14.5 Å². The summed E-state index contributed by atoms with van der Waals surface area (Å²) in [5.41, 5.74) is 3.79. The Morgan fingerprint density at radius 2 is 2.05 bits per heavy atom. The number of aliphatic hydroxyl groups excluding tert-OH is 1. The van der Waals surface area contributed by atoms with Gasteiger partial charge in [0.25, 0.3) is 0 Å². The van der Waals surface area contributed by atoms with Gasteiger partial charge in [-0.1, -0.05) is 35.9 Å². The van der Waals surface area contributed by atoms with Gasteiger partial charge in [-0.2, -0.15) is 0 Å². The summed E-state index contributed by atoms with van der Waals surface area (Å²) in [6.45, 7) is 4.72. The lowest BCUT2D eigenvalue weighted by molar-refractivity contribution is -0.125. The van der Waals surface area contributed by atoms with Crippen LogP contribution >= 0.6 is 11.6 Å². The number of rotatable bonds is 10. The van der Waals surface area contributed by atoms with E-state index in [0.717, 1.165) is 22.4 Å². The molecule has 0 bridgehead atoms. The van der Waals surface area contributed by atoms with E-state index in [4.69, 9.17) is 16.3 Å². The molecule has 2 heterocycles. The van der Waals surface area contributed by atoms with E-state index in [1.807, 2.05) is 49.4 Å². The van der Waals surface area contributed by atoms with Crippen molar-refractivity contribution in [2.75, 3.05) is 32.1 Å². The third-order valence-electron chi connectivity index (χ3n) is 6.26. The maximum absolute atomic E-state index is 12.8. The second-order valence-corrected chi connectivity index (χ2v) is 9.47. The number of benzene rings is 2. The summed E-state index contributed by atoms with van der Waals surface area (Å²) in [5.74, 6) is 0.793. The summed E-state index contributed by atoms with van der Waals surface area (Å²) in [7, 11) is 1.60. The normalized spacial score (nSPS) is 15.4. The molecule has 10 nitrogen and oxygen atoms in total. The van der Waals surface area contributed by atoms with E-state index in [2.05, 4.69) is 25.9 Å². The maximum atomic E-state index is 12.8. The minimum Gasteiger partial charge on any atom is -0.497 e. The molecule has 0 saturated heterocycles. The zero-order chi connectivity index (χ0) is 27.2. The quantitative estimate of drug-likeness (QED) is 0.290. The van der Waals surface area contributed by atoms with Crippen molar-refractivity contribution in [2.45, 2.75) is 32.7 Å². The van der Waals surface area contributed by atoms with Crippen molar-refractivity contribution in [3.05, 3.63) is 70.4 Å². The zero-order valence-corrected chi connectivity index (χ0v) is 22.2. The fraction of sp³-hybridized carbons (Fsp3) is 0.333. The molecule has 1 aliphatic rings. The van der Waals surface area contributed by atoms with Gasteiger partial charge >= 0.3 is 0 Å². The van der Waals surface area contributed by atoms with Crippen LogP contribution < -0.4 is 20.7 Å². The number of aromatic nitrogens is 2. The highest BCUT2D eigenvalue weighted by molar-refractivity contribution is 6.32. The lowest BCUT2D eigenvalue weighted by Gasteiger charge is -2.22. The van der Waals surface area contributed by atoms with Gasteiger partial charge in [0.05, 0.1) is 36.6 Å². The van der Waals surface area contributed by atoms with Crippen molar-refractivity contribution in [3.63, 3.8) is 0 Å². The Morgan fingerprint density at radius 1 is 1.24 bits per heavy atom. The number of carbonyl (C=O) groups excluding carboxylic acids is 2. The van der Waals surface area contributed by atoms with Crippen LogP contribution in [0.2, 0.25) is 5.02 Å². The molecule has 1 aliphatic heterocycles. The number of hydrogen-bond acceptors (Lipinski definition) is 8. The number of methoxy groups -OCH3 is 1. The topological polar surface area (TPSA) is 129 Å². The first-order valence-corrected chi connectivity index (χ1v) is 12.6. The fourth-order valence-corrected chi connectivity index (χ4v) is 4.50. The zero-order valence-electron chi connectivity index (χ0n) is 21.5. The average Bonchev–Trinajstić information content (AvgIpc) is 3.21. The monoisotopic (exact) mass is 538 g/mol. The van der Waals surface area contributed by atoms with Gasteiger partial charge in [0.1, 0.15) is 12.0 Å². The highest BCUT2D eigenvalue weighted by Gasteiger charge is 2.30. The third-order valence-corrected chi connectivity index (χ3v) is 6.54. The maximum Gasteiger partial charge on any atom is 0.234 e. The summed E-state index contributed by atoms with van der Waals surface area (Å²) < 4.78 is 5.27. The van der Waals surface area contributed by atoms with Crippen molar-refractivity contribution in [1.82, 2.24) is 25.5 Å². The third kappa shape index (κ3) is 6.58. The second-order valence-electron chi connectivity index (χ2n) is 9.06. The number of amides is 2. The first-order valence-electron chi connectivity index (χ1n) is 12.2. The molecule has 200 valence electrons. The Bertz CT molecular complexity index is 1320. The fourth-order valence-electron chi connectivity index (χ4n) is 4.30. The Morgan fingerprint density at radius 3 is 2.82 bits per heavy atom. The molecule has 2 atom stereocenters. The first kappa shape index (κ1) is 27.3. The number of halogens is 1. The van der Waals surface area contributed by atoms with E-state index in [-0.39, 0.29) is 24.4 Å².